The molecule has 1 N–H and O–H groups in total. The van der Waals surface area contributed by atoms with Crippen LogP contribution in [0.15, 0.2) is 83.3 Å². The third-order valence-corrected chi connectivity index (χ3v) is 8.00. The first-order valence-corrected chi connectivity index (χ1v) is 15.2. The zero-order chi connectivity index (χ0) is 28.6. The van der Waals surface area contributed by atoms with Crippen LogP contribution in [0.1, 0.15) is 31.4 Å². The SMILES string of the molecule is CC[C@@H](C)NC(=O)[C@@H](Cc1ccccc1)N(Cc1ccc(Br)cc1)C(=O)CN(c1ccc(F)cc1)S(C)(=O)=O. The van der Waals surface area contributed by atoms with E-state index in [4.69, 9.17) is 0 Å². The normalized spacial score (nSPS) is 12.8. The van der Waals surface area contributed by atoms with Crippen molar-refractivity contribution in [1.82, 2.24) is 10.2 Å². The van der Waals surface area contributed by atoms with Crippen molar-refractivity contribution in [3.05, 3.63) is 100 Å². The lowest BCUT2D eigenvalue weighted by Gasteiger charge is -2.34. The van der Waals surface area contributed by atoms with E-state index in [2.05, 4.69) is 21.2 Å². The van der Waals surface area contributed by atoms with E-state index in [9.17, 15) is 22.4 Å². The number of nitrogens with one attached hydrogen (secondary N) is 1. The Hall–Kier alpha value is -3.24. The highest BCUT2D eigenvalue weighted by Crippen LogP contribution is 2.21. The molecule has 2 atom stereocenters. The number of hydrogen-bond donors (Lipinski definition) is 1. The molecular formula is C29H33BrFN3O4S. The Bertz CT molecular complexity index is 1350. The van der Waals surface area contributed by atoms with E-state index in [-0.39, 0.29) is 30.6 Å². The number of carbonyl (C=O) groups excluding carboxylic acids is 2. The molecule has 2 amide bonds. The van der Waals surface area contributed by atoms with Crippen molar-refractivity contribution >= 4 is 43.5 Å². The molecule has 0 heterocycles. The second-order valence-electron chi connectivity index (χ2n) is 9.42. The van der Waals surface area contributed by atoms with Gasteiger partial charge in [0.05, 0.1) is 11.9 Å². The maximum Gasteiger partial charge on any atom is 0.244 e. The van der Waals surface area contributed by atoms with Crippen molar-refractivity contribution in [1.29, 1.82) is 0 Å². The average Bonchev–Trinajstić information content (AvgIpc) is 2.90. The van der Waals surface area contributed by atoms with Gasteiger partial charge in [-0.05, 0) is 60.9 Å². The van der Waals surface area contributed by atoms with Crippen LogP contribution in [0.25, 0.3) is 0 Å². The summed E-state index contributed by atoms with van der Waals surface area (Å²) in [6.07, 6.45) is 1.93. The molecule has 0 aliphatic carbocycles. The van der Waals surface area contributed by atoms with Gasteiger partial charge >= 0.3 is 0 Å². The van der Waals surface area contributed by atoms with Crippen LogP contribution in [0.3, 0.4) is 0 Å². The maximum absolute atomic E-state index is 14.0. The predicted octanol–water partition coefficient (Wildman–Crippen LogP) is 4.91. The van der Waals surface area contributed by atoms with Crippen LogP contribution in [0.2, 0.25) is 0 Å². The van der Waals surface area contributed by atoms with E-state index >= 15 is 0 Å². The summed E-state index contributed by atoms with van der Waals surface area (Å²) in [5.41, 5.74) is 1.78. The standard InChI is InChI=1S/C29H33BrFN3O4S/c1-4-21(2)32-29(36)27(18-22-8-6-5-7-9-22)33(19-23-10-12-24(30)13-11-23)28(35)20-34(39(3,37)38)26-16-14-25(31)15-17-26/h5-17,21,27H,4,18-20H2,1-3H3,(H,32,36)/t21-,27-/m1/s1. The largest absolute Gasteiger partial charge is 0.352 e. The van der Waals surface area contributed by atoms with Gasteiger partial charge in [-0.3, -0.25) is 13.9 Å². The number of sulfonamides is 1. The molecule has 3 rings (SSSR count). The van der Waals surface area contributed by atoms with Crippen LogP contribution in [-0.2, 0) is 32.6 Å². The minimum atomic E-state index is -3.91. The number of halogens is 2. The Labute approximate surface area is 238 Å². The number of rotatable bonds is 12. The molecule has 3 aromatic carbocycles. The quantitative estimate of drug-likeness (QED) is 0.313. The number of hydrogen-bond acceptors (Lipinski definition) is 4. The van der Waals surface area contributed by atoms with Crippen LogP contribution < -0.4 is 9.62 Å². The molecule has 39 heavy (non-hydrogen) atoms. The van der Waals surface area contributed by atoms with Gasteiger partial charge in [-0.1, -0.05) is 65.3 Å². The minimum absolute atomic E-state index is 0.0819. The third-order valence-electron chi connectivity index (χ3n) is 6.33. The van der Waals surface area contributed by atoms with Crippen molar-refractivity contribution < 1.29 is 22.4 Å². The first-order valence-electron chi connectivity index (χ1n) is 12.6. The van der Waals surface area contributed by atoms with Gasteiger partial charge in [0.15, 0.2) is 0 Å². The summed E-state index contributed by atoms with van der Waals surface area (Å²) in [7, 11) is -3.91. The van der Waals surface area contributed by atoms with E-state index < -0.39 is 34.3 Å². The molecule has 3 aromatic rings. The van der Waals surface area contributed by atoms with Crippen LogP contribution in [0.5, 0.6) is 0 Å². The number of nitrogens with zero attached hydrogens (tertiary/aromatic N) is 2. The van der Waals surface area contributed by atoms with Crippen LogP contribution in [0.4, 0.5) is 10.1 Å². The second-order valence-corrected chi connectivity index (χ2v) is 12.2. The van der Waals surface area contributed by atoms with Gasteiger partial charge in [0.1, 0.15) is 18.4 Å². The summed E-state index contributed by atoms with van der Waals surface area (Å²) < 4.78 is 40.8. The molecule has 10 heteroatoms. The van der Waals surface area contributed by atoms with Crippen molar-refractivity contribution in [3.8, 4) is 0 Å². The zero-order valence-corrected chi connectivity index (χ0v) is 24.6. The minimum Gasteiger partial charge on any atom is -0.352 e. The Morgan fingerprint density at radius 1 is 0.949 bits per heavy atom. The molecule has 0 aromatic heterocycles. The molecule has 0 aliphatic rings. The fraction of sp³-hybridized carbons (Fsp3) is 0.310. The molecule has 0 radical (unpaired) electrons. The topological polar surface area (TPSA) is 86.8 Å². The molecule has 0 saturated heterocycles. The number of anilines is 1. The van der Waals surface area contributed by atoms with E-state index in [0.717, 1.165) is 38.3 Å². The fourth-order valence-electron chi connectivity index (χ4n) is 4.00. The molecule has 0 aliphatic heterocycles. The number of amides is 2. The smallest absolute Gasteiger partial charge is 0.244 e. The predicted molar refractivity (Wildman–Crippen MR) is 155 cm³/mol. The number of benzene rings is 3. The van der Waals surface area contributed by atoms with Crippen molar-refractivity contribution in [3.63, 3.8) is 0 Å². The molecule has 0 unspecified atom stereocenters. The first kappa shape index (κ1) is 30.3. The lowest BCUT2D eigenvalue weighted by molar-refractivity contribution is -0.140. The van der Waals surface area contributed by atoms with Crippen LogP contribution in [0, 0.1) is 5.82 Å². The van der Waals surface area contributed by atoms with Crippen LogP contribution >= 0.6 is 15.9 Å². The van der Waals surface area contributed by atoms with E-state index in [1.807, 2.05) is 68.4 Å². The average molecular weight is 619 g/mol. The van der Waals surface area contributed by atoms with E-state index in [1.54, 1.807) is 0 Å². The molecule has 0 fully saturated rings. The first-order chi connectivity index (χ1) is 18.5. The third kappa shape index (κ3) is 8.90. The lowest BCUT2D eigenvalue weighted by atomic mass is 10.0. The molecule has 0 saturated carbocycles. The van der Waals surface area contributed by atoms with Crippen molar-refractivity contribution in [2.45, 2.75) is 45.3 Å². The van der Waals surface area contributed by atoms with Gasteiger partial charge in [-0.15, -0.1) is 0 Å². The van der Waals surface area contributed by atoms with Crippen molar-refractivity contribution in [2.75, 3.05) is 17.1 Å². The molecule has 0 bridgehead atoms. The fourth-order valence-corrected chi connectivity index (χ4v) is 5.12. The summed E-state index contributed by atoms with van der Waals surface area (Å²) in [6, 6.07) is 20.6. The highest BCUT2D eigenvalue weighted by atomic mass is 79.9. The van der Waals surface area contributed by atoms with Crippen molar-refractivity contribution in [2.24, 2.45) is 0 Å². The Morgan fingerprint density at radius 2 is 1.56 bits per heavy atom. The van der Waals surface area contributed by atoms with Crippen LogP contribution in [-0.4, -0.2) is 50.0 Å². The summed E-state index contributed by atoms with van der Waals surface area (Å²) >= 11 is 3.41. The molecule has 7 nitrogen and oxygen atoms in total. The van der Waals surface area contributed by atoms with Gasteiger partial charge < -0.3 is 10.2 Å². The summed E-state index contributed by atoms with van der Waals surface area (Å²) in [5.74, 6) is -1.42. The summed E-state index contributed by atoms with van der Waals surface area (Å²) in [5, 5.41) is 2.99. The van der Waals surface area contributed by atoms with E-state index in [0.29, 0.717) is 6.42 Å². The highest BCUT2D eigenvalue weighted by Gasteiger charge is 2.33. The van der Waals surface area contributed by atoms with Gasteiger partial charge in [-0.25, -0.2) is 12.8 Å². The second kappa shape index (κ2) is 13.7. The van der Waals surface area contributed by atoms with Gasteiger partial charge in [-0.2, -0.15) is 0 Å². The van der Waals surface area contributed by atoms with Gasteiger partial charge in [0.25, 0.3) is 0 Å². The summed E-state index contributed by atoms with van der Waals surface area (Å²) in [4.78, 5) is 29.0. The molecule has 0 spiro atoms. The lowest BCUT2D eigenvalue weighted by Crippen LogP contribution is -2.54. The van der Waals surface area contributed by atoms with Gasteiger partial charge in [0.2, 0.25) is 21.8 Å². The summed E-state index contributed by atoms with van der Waals surface area (Å²) in [6.45, 7) is 3.37. The maximum atomic E-state index is 14.0. The monoisotopic (exact) mass is 617 g/mol. The Balaban J connectivity index is 2.04. The van der Waals surface area contributed by atoms with E-state index in [1.165, 1.54) is 17.0 Å². The number of carbonyl (C=O) groups is 2. The molecule has 208 valence electrons. The zero-order valence-electron chi connectivity index (χ0n) is 22.2. The van der Waals surface area contributed by atoms with Gasteiger partial charge in [0, 0.05) is 23.5 Å². The Morgan fingerprint density at radius 3 is 2.13 bits per heavy atom. The Kier molecular flexibility index (Phi) is 10.7. The highest BCUT2D eigenvalue weighted by molar-refractivity contribution is 9.10. The molecular weight excluding hydrogens is 585 g/mol.